The first-order valence-electron chi connectivity index (χ1n) is 8.22. The first-order chi connectivity index (χ1) is 12.3. The summed E-state index contributed by atoms with van der Waals surface area (Å²) < 4.78 is 31.1. The molecule has 10 heteroatoms. The molecule has 2 aromatic heterocycles. The minimum absolute atomic E-state index is 0.0244. The van der Waals surface area contributed by atoms with Gasteiger partial charge >= 0.3 is 5.97 Å². The molecule has 0 atom stereocenters. The third-order valence-electron chi connectivity index (χ3n) is 5.07. The van der Waals surface area contributed by atoms with Crippen molar-refractivity contribution in [3.63, 3.8) is 0 Å². The molecule has 0 radical (unpaired) electrons. The van der Waals surface area contributed by atoms with Gasteiger partial charge in [0, 0.05) is 12.4 Å². The highest BCUT2D eigenvalue weighted by atomic mass is 32.2. The summed E-state index contributed by atoms with van der Waals surface area (Å²) in [6.07, 6.45) is 3.83. The van der Waals surface area contributed by atoms with E-state index in [-0.39, 0.29) is 28.8 Å². The quantitative estimate of drug-likeness (QED) is 0.769. The van der Waals surface area contributed by atoms with Gasteiger partial charge in [-0.15, -0.1) is 5.10 Å². The molecule has 9 nitrogen and oxygen atoms in total. The van der Waals surface area contributed by atoms with Gasteiger partial charge in [0.2, 0.25) is 0 Å². The second-order valence-corrected chi connectivity index (χ2v) is 9.52. The van der Waals surface area contributed by atoms with Gasteiger partial charge in [0.25, 0.3) is 11.4 Å². The fraction of sp³-hybridized carbons (Fsp3) is 0.500. The monoisotopic (exact) mass is 379 g/mol. The molecular weight excluding hydrogens is 362 g/mol. The predicted molar refractivity (Wildman–Crippen MR) is 91.1 cm³/mol. The van der Waals surface area contributed by atoms with Gasteiger partial charge in [-0.05, 0) is 31.7 Å². The standard InChI is InChI=1S/C16H17N3O6S/c1-19-12-9(6-11(14(19)20)15(21)22)7-17-18-13(12)25-8-16(4-5-16)26(23,24)10-2-3-10/h6-7,10H,2-5,8H2,1H3,(H,21,22). The van der Waals surface area contributed by atoms with Gasteiger partial charge < -0.3 is 14.4 Å². The van der Waals surface area contributed by atoms with E-state index in [0.717, 1.165) is 4.57 Å². The number of sulfone groups is 1. The maximum atomic E-state index is 12.6. The average Bonchev–Trinajstić information content (AvgIpc) is 3.47. The largest absolute Gasteiger partial charge is 0.477 e. The van der Waals surface area contributed by atoms with Crippen LogP contribution in [0.15, 0.2) is 17.1 Å². The summed E-state index contributed by atoms with van der Waals surface area (Å²) in [4.78, 5) is 23.4. The van der Waals surface area contributed by atoms with Crippen LogP contribution in [0.5, 0.6) is 5.88 Å². The molecule has 0 bridgehead atoms. The van der Waals surface area contributed by atoms with E-state index >= 15 is 0 Å². The van der Waals surface area contributed by atoms with E-state index in [1.165, 1.54) is 19.3 Å². The molecule has 2 aromatic rings. The van der Waals surface area contributed by atoms with E-state index in [0.29, 0.717) is 31.1 Å². The van der Waals surface area contributed by atoms with Crippen LogP contribution in [0.1, 0.15) is 36.0 Å². The Kier molecular flexibility index (Phi) is 3.59. The molecule has 0 aromatic carbocycles. The maximum Gasteiger partial charge on any atom is 0.341 e. The normalized spacial score (nSPS) is 18.7. The Morgan fingerprint density at radius 1 is 1.42 bits per heavy atom. The van der Waals surface area contributed by atoms with E-state index in [1.807, 2.05) is 0 Å². The van der Waals surface area contributed by atoms with Crippen LogP contribution >= 0.6 is 0 Å². The molecule has 4 rings (SSSR count). The Hall–Kier alpha value is -2.49. The van der Waals surface area contributed by atoms with E-state index in [1.54, 1.807) is 0 Å². The Bertz CT molecular complexity index is 1080. The second-order valence-electron chi connectivity index (χ2n) is 6.90. The zero-order chi connectivity index (χ0) is 18.7. The van der Waals surface area contributed by atoms with E-state index < -0.39 is 26.1 Å². The summed E-state index contributed by atoms with van der Waals surface area (Å²) in [6, 6.07) is 1.22. The fourth-order valence-corrected chi connectivity index (χ4v) is 5.51. The van der Waals surface area contributed by atoms with Crippen molar-refractivity contribution in [1.82, 2.24) is 14.8 Å². The number of carbonyl (C=O) groups is 1. The van der Waals surface area contributed by atoms with Crippen LogP contribution in [0.3, 0.4) is 0 Å². The van der Waals surface area contributed by atoms with Gasteiger partial charge in [-0.2, -0.15) is 5.10 Å². The third-order valence-corrected chi connectivity index (χ3v) is 8.15. The van der Waals surface area contributed by atoms with Gasteiger partial charge in [-0.3, -0.25) is 4.79 Å². The van der Waals surface area contributed by atoms with Gasteiger partial charge in [-0.25, -0.2) is 13.2 Å². The third kappa shape index (κ3) is 2.47. The Labute approximate surface area is 148 Å². The highest BCUT2D eigenvalue weighted by molar-refractivity contribution is 7.94. The number of aryl methyl sites for hydroxylation is 1. The zero-order valence-corrected chi connectivity index (χ0v) is 14.8. The van der Waals surface area contributed by atoms with E-state index in [9.17, 15) is 18.0 Å². The van der Waals surface area contributed by atoms with Crippen LogP contribution < -0.4 is 10.3 Å². The molecule has 0 spiro atoms. The number of pyridine rings is 1. The van der Waals surface area contributed by atoms with Crippen molar-refractivity contribution in [2.75, 3.05) is 6.61 Å². The number of carboxylic acid groups (broad SMARTS) is 1. The van der Waals surface area contributed by atoms with Crippen LogP contribution in [0.2, 0.25) is 0 Å². The lowest BCUT2D eigenvalue weighted by Crippen LogP contribution is -2.33. The lowest BCUT2D eigenvalue weighted by Gasteiger charge is -2.17. The van der Waals surface area contributed by atoms with Crippen LogP contribution in [-0.4, -0.2) is 50.9 Å². The van der Waals surface area contributed by atoms with Crippen molar-refractivity contribution in [3.05, 3.63) is 28.2 Å². The van der Waals surface area contributed by atoms with Crippen LogP contribution in [0.25, 0.3) is 10.9 Å². The lowest BCUT2D eigenvalue weighted by atomic mass is 10.2. The molecule has 2 saturated carbocycles. The number of fused-ring (bicyclic) bond motifs is 1. The lowest BCUT2D eigenvalue weighted by molar-refractivity contribution is 0.0694. The summed E-state index contributed by atoms with van der Waals surface area (Å²) in [5.74, 6) is -1.31. The fourth-order valence-electron chi connectivity index (χ4n) is 3.15. The molecule has 26 heavy (non-hydrogen) atoms. The molecular formula is C16H17N3O6S. The summed E-state index contributed by atoms with van der Waals surface area (Å²) in [5.41, 5.74) is -0.793. The molecule has 138 valence electrons. The highest BCUT2D eigenvalue weighted by Gasteiger charge is 2.60. The molecule has 2 heterocycles. The molecule has 0 unspecified atom stereocenters. The number of rotatable bonds is 6. The van der Waals surface area contributed by atoms with Crippen LogP contribution in [0, 0.1) is 0 Å². The molecule has 0 saturated heterocycles. The predicted octanol–water partition coefficient (Wildman–Crippen LogP) is 0.515. The van der Waals surface area contributed by atoms with Crippen molar-refractivity contribution in [3.8, 4) is 5.88 Å². The molecule has 2 aliphatic carbocycles. The molecule has 2 fully saturated rings. The number of carboxylic acids is 1. The van der Waals surface area contributed by atoms with E-state index in [4.69, 9.17) is 9.84 Å². The van der Waals surface area contributed by atoms with Crippen LogP contribution in [0.4, 0.5) is 0 Å². The van der Waals surface area contributed by atoms with E-state index in [2.05, 4.69) is 10.2 Å². The molecule has 2 aliphatic rings. The first-order valence-corrected chi connectivity index (χ1v) is 9.76. The number of hydrogen-bond acceptors (Lipinski definition) is 7. The topological polar surface area (TPSA) is 128 Å². The van der Waals surface area contributed by atoms with Gasteiger partial charge in [-0.1, -0.05) is 0 Å². The summed E-state index contributed by atoms with van der Waals surface area (Å²) in [6.45, 7) is -0.0471. The SMILES string of the molecule is Cn1c(=O)c(C(=O)O)cc2cnnc(OCC3(S(=O)(=O)C4CC4)CC3)c21. The number of hydrogen-bond donors (Lipinski definition) is 1. The maximum absolute atomic E-state index is 12.6. The first kappa shape index (κ1) is 17.0. The van der Waals surface area contributed by atoms with Crippen molar-refractivity contribution < 1.29 is 23.1 Å². The second kappa shape index (κ2) is 5.50. The molecule has 0 aliphatic heterocycles. The summed E-state index contributed by atoms with van der Waals surface area (Å²) in [5, 5.41) is 16.9. The minimum atomic E-state index is -3.23. The summed E-state index contributed by atoms with van der Waals surface area (Å²) >= 11 is 0. The Balaban J connectivity index is 1.71. The highest BCUT2D eigenvalue weighted by Crippen LogP contribution is 2.50. The zero-order valence-electron chi connectivity index (χ0n) is 14.0. The average molecular weight is 379 g/mol. The number of aromatic nitrogens is 3. The van der Waals surface area contributed by atoms with Crippen LogP contribution in [-0.2, 0) is 16.9 Å². The van der Waals surface area contributed by atoms with Gasteiger partial charge in [0.15, 0.2) is 9.84 Å². The molecule has 0 amide bonds. The van der Waals surface area contributed by atoms with Crippen molar-refractivity contribution in [2.45, 2.75) is 35.7 Å². The Morgan fingerprint density at radius 2 is 2.12 bits per heavy atom. The molecule has 1 N–H and O–H groups in total. The number of aromatic carboxylic acids is 1. The number of nitrogens with zero attached hydrogens (tertiary/aromatic N) is 3. The minimum Gasteiger partial charge on any atom is -0.477 e. The van der Waals surface area contributed by atoms with Crippen molar-refractivity contribution >= 4 is 26.7 Å². The summed E-state index contributed by atoms with van der Waals surface area (Å²) in [7, 11) is -1.82. The number of ether oxygens (including phenoxy) is 1. The van der Waals surface area contributed by atoms with Gasteiger partial charge in [0.1, 0.15) is 22.4 Å². The van der Waals surface area contributed by atoms with Gasteiger partial charge in [0.05, 0.1) is 11.4 Å². The Morgan fingerprint density at radius 3 is 2.69 bits per heavy atom. The van der Waals surface area contributed by atoms with Crippen molar-refractivity contribution in [1.29, 1.82) is 0 Å². The van der Waals surface area contributed by atoms with Crippen molar-refractivity contribution in [2.24, 2.45) is 7.05 Å². The smallest absolute Gasteiger partial charge is 0.341 e.